The van der Waals surface area contributed by atoms with Crippen molar-refractivity contribution in [3.05, 3.63) is 65.7 Å². The lowest BCUT2D eigenvalue weighted by atomic mass is 10.2. The van der Waals surface area contributed by atoms with Gasteiger partial charge in [-0.2, -0.15) is 0 Å². The van der Waals surface area contributed by atoms with Gasteiger partial charge in [0.2, 0.25) is 11.8 Å². The second-order valence-electron chi connectivity index (χ2n) is 7.45. The van der Waals surface area contributed by atoms with Gasteiger partial charge in [0.25, 0.3) is 0 Å². The van der Waals surface area contributed by atoms with Gasteiger partial charge in [-0.05, 0) is 30.2 Å². The molecule has 1 heterocycles. The molecule has 3 rings (SSSR count). The average molecular weight is 425 g/mol. The first-order valence-electron chi connectivity index (χ1n) is 10.2. The molecule has 1 fully saturated rings. The lowest BCUT2D eigenvalue weighted by molar-refractivity contribution is -0.132. The number of methoxy groups -OCH3 is 1. The van der Waals surface area contributed by atoms with E-state index in [1.54, 1.807) is 12.0 Å². The van der Waals surface area contributed by atoms with Gasteiger partial charge in [0, 0.05) is 25.9 Å². The smallest absolute Gasteiger partial charge is 0.318 e. The van der Waals surface area contributed by atoms with Crippen molar-refractivity contribution in [3.63, 3.8) is 0 Å². The third kappa shape index (κ3) is 6.05. The van der Waals surface area contributed by atoms with Gasteiger partial charge in [-0.25, -0.2) is 4.79 Å². The van der Waals surface area contributed by atoms with Crippen LogP contribution in [0.2, 0.25) is 0 Å². The summed E-state index contributed by atoms with van der Waals surface area (Å²) in [4.78, 5) is 42.5. The summed E-state index contributed by atoms with van der Waals surface area (Å²) in [7, 11) is 1.54. The van der Waals surface area contributed by atoms with E-state index in [1.165, 1.54) is 9.80 Å². The number of rotatable bonds is 8. The molecule has 164 valence electrons. The summed E-state index contributed by atoms with van der Waals surface area (Å²) in [6, 6.07) is 16.8. The number of hydrogen-bond acceptors (Lipinski definition) is 4. The summed E-state index contributed by atoms with van der Waals surface area (Å²) >= 11 is 0. The van der Waals surface area contributed by atoms with Gasteiger partial charge >= 0.3 is 6.03 Å². The molecular weight excluding hydrogens is 396 g/mol. The van der Waals surface area contributed by atoms with E-state index in [0.717, 1.165) is 16.8 Å². The monoisotopic (exact) mass is 424 g/mol. The lowest BCUT2D eigenvalue weighted by Gasteiger charge is -2.25. The standard InChI is InChI=1S/C23H28N4O4/c1-18-7-6-10-20(13-18)27-17-26(16-22(27)29)21(28)15-25(11-12-31-2)23(30)24-14-19-8-4-3-5-9-19/h3-10,13H,11-12,14-17H2,1-2H3,(H,24,30). The van der Waals surface area contributed by atoms with Crippen LogP contribution in [0.5, 0.6) is 0 Å². The lowest BCUT2D eigenvalue weighted by Crippen LogP contribution is -2.47. The maximum atomic E-state index is 12.9. The van der Waals surface area contributed by atoms with Crippen molar-refractivity contribution in [3.8, 4) is 0 Å². The van der Waals surface area contributed by atoms with E-state index in [4.69, 9.17) is 4.74 Å². The summed E-state index contributed by atoms with van der Waals surface area (Å²) < 4.78 is 5.09. The van der Waals surface area contributed by atoms with Crippen LogP contribution >= 0.6 is 0 Å². The maximum absolute atomic E-state index is 12.9. The van der Waals surface area contributed by atoms with E-state index in [0.29, 0.717) is 13.2 Å². The molecule has 1 aliphatic rings. The molecule has 0 atom stereocenters. The Morgan fingerprint density at radius 2 is 1.90 bits per heavy atom. The number of ether oxygens (including phenoxy) is 1. The summed E-state index contributed by atoms with van der Waals surface area (Å²) in [5.41, 5.74) is 2.76. The minimum Gasteiger partial charge on any atom is -0.383 e. The molecule has 0 aliphatic carbocycles. The first kappa shape index (κ1) is 22.3. The van der Waals surface area contributed by atoms with Crippen molar-refractivity contribution >= 4 is 23.5 Å². The van der Waals surface area contributed by atoms with Crippen LogP contribution in [0.3, 0.4) is 0 Å². The van der Waals surface area contributed by atoms with Crippen LogP contribution in [0.25, 0.3) is 0 Å². The fraction of sp³-hybridized carbons (Fsp3) is 0.348. The molecule has 2 aromatic carbocycles. The number of aryl methyl sites for hydroxylation is 1. The highest BCUT2D eigenvalue weighted by atomic mass is 16.5. The fourth-order valence-electron chi connectivity index (χ4n) is 3.34. The summed E-state index contributed by atoms with van der Waals surface area (Å²) in [5.74, 6) is -0.426. The van der Waals surface area contributed by atoms with Gasteiger partial charge in [-0.1, -0.05) is 42.5 Å². The number of amides is 4. The van der Waals surface area contributed by atoms with Crippen molar-refractivity contribution in [1.82, 2.24) is 15.1 Å². The number of carbonyl (C=O) groups excluding carboxylic acids is 3. The molecule has 0 aromatic heterocycles. The number of carbonyl (C=O) groups is 3. The molecule has 1 saturated heterocycles. The highest BCUT2D eigenvalue weighted by molar-refractivity contribution is 6.00. The number of anilines is 1. The first-order chi connectivity index (χ1) is 15.0. The molecule has 8 nitrogen and oxygen atoms in total. The molecule has 0 bridgehead atoms. The molecular formula is C23H28N4O4. The largest absolute Gasteiger partial charge is 0.383 e. The molecule has 8 heteroatoms. The second-order valence-corrected chi connectivity index (χ2v) is 7.45. The molecule has 1 aliphatic heterocycles. The van der Waals surface area contributed by atoms with E-state index >= 15 is 0 Å². The average Bonchev–Trinajstić information content (AvgIpc) is 3.17. The Labute approximate surface area is 182 Å². The van der Waals surface area contributed by atoms with Crippen molar-refractivity contribution in [1.29, 1.82) is 0 Å². The Balaban J connectivity index is 1.60. The summed E-state index contributed by atoms with van der Waals surface area (Å²) in [6.45, 7) is 2.93. The van der Waals surface area contributed by atoms with Crippen molar-refractivity contribution in [2.75, 3.05) is 44.9 Å². The van der Waals surface area contributed by atoms with Crippen LogP contribution in [-0.4, -0.2) is 67.7 Å². The zero-order valence-corrected chi connectivity index (χ0v) is 17.9. The maximum Gasteiger partial charge on any atom is 0.318 e. The highest BCUT2D eigenvalue weighted by Gasteiger charge is 2.33. The molecule has 31 heavy (non-hydrogen) atoms. The first-order valence-corrected chi connectivity index (χ1v) is 10.2. The van der Waals surface area contributed by atoms with E-state index in [2.05, 4.69) is 5.32 Å². The summed E-state index contributed by atoms with van der Waals surface area (Å²) in [6.07, 6.45) is 0. The number of urea groups is 1. The number of benzene rings is 2. The van der Waals surface area contributed by atoms with Crippen LogP contribution in [-0.2, 0) is 20.9 Å². The molecule has 0 radical (unpaired) electrons. The van der Waals surface area contributed by atoms with Gasteiger partial charge in [-0.15, -0.1) is 0 Å². The Morgan fingerprint density at radius 1 is 1.13 bits per heavy atom. The minimum atomic E-state index is -0.352. The van der Waals surface area contributed by atoms with Crippen LogP contribution in [0.1, 0.15) is 11.1 Å². The van der Waals surface area contributed by atoms with Gasteiger partial charge in [-0.3, -0.25) is 14.5 Å². The van der Waals surface area contributed by atoms with Gasteiger partial charge in [0.05, 0.1) is 6.61 Å². The molecule has 0 unspecified atom stereocenters. The number of hydrogen-bond donors (Lipinski definition) is 1. The van der Waals surface area contributed by atoms with E-state index in [9.17, 15) is 14.4 Å². The van der Waals surface area contributed by atoms with Gasteiger partial charge < -0.3 is 19.9 Å². The third-order valence-corrected chi connectivity index (χ3v) is 5.07. The van der Waals surface area contributed by atoms with E-state index in [-0.39, 0.29) is 44.1 Å². The Hall–Kier alpha value is -3.39. The normalized spacial score (nSPS) is 13.4. The topological polar surface area (TPSA) is 82.2 Å². The Morgan fingerprint density at radius 3 is 2.61 bits per heavy atom. The Bertz CT molecular complexity index is 919. The molecule has 2 aromatic rings. The van der Waals surface area contributed by atoms with Crippen molar-refractivity contribution < 1.29 is 19.1 Å². The van der Waals surface area contributed by atoms with Crippen LogP contribution < -0.4 is 10.2 Å². The van der Waals surface area contributed by atoms with Crippen LogP contribution in [0.15, 0.2) is 54.6 Å². The second kappa shape index (κ2) is 10.6. The third-order valence-electron chi connectivity index (χ3n) is 5.07. The predicted octanol–water partition coefficient (Wildman–Crippen LogP) is 1.99. The quantitative estimate of drug-likeness (QED) is 0.703. The fourth-order valence-corrected chi connectivity index (χ4v) is 3.34. The summed E-state index contributed by atoms with van der Waals surface area (Å²) in [5, 5.41) is 2.84. The molecule has 4 amide bonds. The minimum absolute atomic E-state index is 0.00345. The van der Waals surface area contributed by atoms with E-state index in [1.807, 2.05) is 61.5 Å². The SMILES string of the molecule is COCCN(CC(=O)N1CC(=O)N(c2cccc(C)c2)C1)C(=O)NCc1ccccc1. The van der Waals surface area contributed by atoms with Crippen LogP contribution in [0, 0.1) is 6.92 Å². The van der Waals surface area contributed by atoms with Crippen molar-refractivity contribution in [2.24, 2.45) is 0 Å². The van der Waals surface area contributed by atoms with Gasteiger partial charge in [0.15, 0.2) is 0 Å². The number of nitrogens with one attached hydrogen (secondary N) is 1. The van der Waals surface area contributed by atoms with Crippen LogP contribution in [0.4, 0.5) is 10.5 Å². The molecule has 0 spiro atoms. The predicted molar refractivity (Wildman–Crippen MR) is 117 cm³/mol. The zero-order valence-electron chi connectivity index (χ0n) is 17.9. The van der Waals surface area contributed by atoms with Gasteiger partial charge in [0.1, 0.15) is 19.8 Å². The highest BCUT2D eigenvalue weighted by Crippen LogP contribution is 2.20. The van der Waals surface area contributed by atoms with Crippen molar-refractivity contribution in [2.45, 2.75) is 13.5 Å². The Kier molecular flexibility index (Phi) is 7.61. The molecule has 1 N–H and O–H groups in total. The van der Waals surface area contributed by atoms with E-state index < -0.39 is 0 Å². The zero-order chi connectivity index (χ0) is 22.2. The molecule has 0 saturated carbocycles. The number of nitrogens with zero attached hydrogens (tertiary/aromatic N) is 3.